The van der Waals surface area contributed by atoms with Crippen LogP contribution < -0.4 is 0 Å². The third kappa shape index (κ3) is 5.62. The quantitative estimate of drug-likeness (QED) is 0.815. The van der Waals surface area contributed by atoms with E-state index < -0.39 is 5.97 Å². The lowest BCUT2D eigenvalue weighted by molar-refractivity contribution is -0.133. The van der Waals surface area contributed by atoms with Gasteiger partial charge in [-0.15, -0.1) is 0 Å². The molecule has 0 spiro atoms. The molecule has 0 saturated carbocycles. The summed E-state index contributed by atoms with van der Waals surface area (Å²) in [7, 11) is 0. The fourth-order valence-corrected chi connectivity index (χ4v) is 3.37. The van der Waals surface area contributed by atoms with E-state index in [1.807, 2.05) is 40.1 Å². The average molecular weight is 367 g/mol. The lowest BCUT2D eigenvalue weighted by Crippen LogP contribution is -2.42. The van der Waals surface area contributed by atoms with Crippen LogP contribution in [-0.2, 0) is 17.9 Å². The fourth-order valence-electron chi connectivity index (χ4n) is 3.37. The van der Waals surface area contributed by atoms with Crippen molar-refractivity contribution in [2.75, 3.05) is 19.6 Å². The topological polar surface area (TPSA) is 73.7 Å². The van der Waals surface area contributed by atoms with Gasteiger partial charge in [-0.2, -0.15) is 0 Å². The molecule has 3 rings (SSSR count). The standard InChI is InChI=1S/C21H25N3O3/c25-20(24-11-5-2-6-12-24)16-23(14-17-7-3-1-4-8-17)15-19-13-18(21(26)27)9-10-22-19/h1,3-4,7-10,13H,2,5-6,11-12,14-16H2,(H,26,27). The van der Waals surface area contributed by atoms with E-state index in [2.05, 4.69) is 4.98 Å². The number of hydrogen-bond acceptors (Lipinski definition) is 4. The molecular weight excluding hydrogens is 342 g/mol. The van der Waals surface area contributed by atoms with E-state index in [-0.39, 0.29) is 11.5 Å². The zero-order chi connectivity index (χ0) is 19.1. The third-order valence-corrected chi connectivity index (χ3v) is 4.77. The van der Waals surface area contributed by atoms with E-state index >= 15 is 0 Å². The van der Waals surface area contributed by atoms with Gasteiger partial charge in [-0.1, -0.05) is 30.3 Å². The van der Waals surface area contributed by atoms with Crippen molar-refractivity contribution < 1.29 is 14.7 Å². The molecule has 0 unspecified atom stereocenters. The van der Waals surface area contributed by atoms with Crippen LogP contribution in [0.5, 0.6) is 0 Å². The van der Waals surface area contributed by atoms with E-state index in [1.54, 1.807) is 6.07 Å². The van der Waals surface area contributed by atoms with Gasteiger partial charge in [0.15, 0.2) is 0 Å². The molecule has 1 aromatic heterocycles. The molecule has 1 saturated heterocycles. The van der Waals surface area contributed by atoms with Crippen LogP contribution in [0.3, 0.4) is 0 Å². The Labute approximate surface area is 159 Å². The first-order chi connectivity index (χ1) is 13.1. The molecule has 6 heteroatoms. The molecule has 0 atom stereocenters. The Morgan fingerprint density at radius 2 is 1.78 bits per heavy atom. The fraction of sp³-hybridized carbons (Fsp3) is 0.381. The van der Waals surface area contributed by atoms with Gasteiger partial charge in [-0.3, -0.25) is 14.7 Å². The van der Waals surface area contributed by atoms with Crippen molar-refractivity contribution in [3.05, 3.63) is 65.5 Å². The van der Waals surface area contributed by atoms with Crippen LogP contribution >= 0.6 is 0 Å². The van der Waals surface area contributed by atoms with Gasteiger partial charge < -0.3 is 10.0 Å². The number of nitrogens with zero attached hydrogens (tertiary/aromatic N) is 3. The molecule has 0 radical (unpaired) electrons. The summed E-state index contributed by atoms with van der Waals surface area (Å²) in [5.74, 6) is -0.849. The number of piperidine rings is 1. The van der Waals surface area contributed by atoms with Crippen LogP contribution in [0.15, 0.2) is 48.7 Å². The molecule has 1 N–H and O–H groups in total. The van der Waals surface area contributed by atoms with Gasteiger partial charge in [-0.05, 0) is 37.0 Å². The number of carbonyl (C=O) groups excluding carboxylic acids is 1. The maximum absolute atomic E-state index is 12.7. The molecule has 1 aromatic carbocycles. The summed E-state index contributed by atoms with van der Waals surface area (Å²) < 4.78 is 0. The number of likely N-dealkylation sites (tertiary alicyclic amines) is 1. The van der Waals surface area contributed by atoms with E-state index in [4.69, 9.17) is 0 Å². The van der Waals surface area contributed by atoms with Crippen molar-refractivity contribution in [2.45, 2.75) is 32.4 Å². The van der Waals surface area contributed by atoms with E-state index in [0.717, 1.165) is 31.5 Å². The number of carbonyl (C=O) groups is 2. The van der Waals surface area contributed by atoms with Crippen molar-refractivity contribution >= 4 is 11.9 Å². The number of pyridine rings is 1. The highest BCUT2D eigenvalue weighted by Crippen LogP contribution is 2.13. The molecule has 27 heavy (non-hydrogen) atoms. The van der Waals surface area contributed by atoms with Gasteiger partial charge in [0.2, 0.25) is 5.91 Å². The summed E-state index contributed by atoms with van der Waals surface area (Å²) in [6.45, 7) is 2.98. The first-order valence-electron chi connectivity index (χ1n) is 9.34. The number of carboxylic acid groups (broad SMARTS) is 1. The Hall–Kier alpha value is -2.73. The minimum absolute atomic E-state index is 0.125. The SMILES string of the molecule is O=C(O)c1ccnc(CN(CC(=O)N2CCCCC2)Cc2ccccc2)c1. The van der Waals surface area contributed by atoms with Crippen LogP contribution in [0.4, 0.5) is 0 Å². The van der Waals surface area contributed by atoms with Gasteiger partial charge in [0.25, 0.3) is 0 Å². The molecule has 2 aromatic rings. The van der Waals surface area contributed by atoms with Gasteiger partial charge >= 0.3 is 5.97 Å². The Balaban J connectivity index is 1.73. The van der Waals surface area contributed by atoms with Crippen LogP contribution in [0.25, 0.3) is 0 Å². The Morgan fingerprint density at radius 1 is 1.04 bits per heavy atom. The van der Waals surface area contributed by atoms with Crippen molar-refractivity contribution in [3.8, 4) is 0 Å². The Morgan fingerprint density at radius 3 is 2.48 bits per heavy atom. The second kappa shape index (κ2) is 9.28. The summed E-state index contributed by atoms with van der Waals surface area (Å²) >= 11 is 0. The normalized spacial score (nSPS) is 14.3. The first kappa shape index (κ1) is 19.0. The second-order valence-corrected chi connectivity index (χ2v) is 6.91. The summed E-state index contributed by atoms with van der Waals surface area (Å²) in [5, 5.41) is 9.19. The molecule has 6 nitrogen and oxygen atoms in total. The van der Waals surface area contributed by atoms with Gasteiger partial charge in [0.1, 0.15) is 0 Å². The van der Waals surface area contributed by atoms with Crippen LogP contribution in [-0.4, -0.2) is 51.4 Å². The number of rotatable bonds is 7. The zero-order valence-electron chi connectivity index (χ0n) is 15.4. The number of amides is 1. The predicted octanol–water partition coefficient (Wildman–Crippen LogP) is 2.79. The largest absolute Gasteiger partial charge is 0.478 e. The number of carboxylic acids is 1. The zero-order valence-corrected chi connectivity index (χ0v) is 15.4. The first-order valence-corrected chi connectivity index (χ1v) is 9.34. The van der Waals surface area contributed by atoms with Gasteiger partial charge in [0.05, 0.1) is 17.8 Å². The molecule has 0 aliphatic carbocycles. The lowest BCUT2D eigenvalue weighted by atomic mass is 10.1. The smallest absolute Gasteiger partial charge is 0.335 e. The van der Waals surface area contributed by atoms with Crippen molar-refractivity contribution in [3.63, 3.8) is 0 Å². The van der Waals surface area contributed by atoms with Gasteiger partial charge in [-0.25, -0.2) is 4.79 Å². The lowest BCUT2D eigenvalue weighted by Gasteiger charge is -2.30. The molecule has 1 fully saturated rings. The van der Waals surface area contributed by atoms with Crippen molar-refractivity contribution in [2.24, 2.45) is 0 Å². The highest BCUT2D eigenvalue weighted by Gasteiger charge is 2.20. The van der Waals surface area contributed by atoms with Gasteiger partial charge in [0, 0.05) is 32.4 Å². The number of aromatic nitrogens is 1. The molecule has 1 aliphatic heterocycles. The Kier molecular flexibility index (Phi) is 6.54. The van der Waals surface area contributed by atoms with E-state index in [0.29, 0.717) is 25.3 Å². The highest BCUT2D eigenvalue weighted by atomic mass is 16.4. The number of benzene rings is 1. The minimum atomic E-state index is -0.974. The van der Waals surface area contributed by atoms with Crippen LogP contribution in [0.1, 0.15) is 40.9 Å². The molecular formula is C21H25N3O3. The highest BCUT2D eigenvalue weighted by molar-refractivity contribution is 5.87. The summed E-state index contributed by atoms with van der Waals surface area (Å²) in [6, 6.07) is 13.0. The van der Waals surface area contributed by atoms with E-state index in [1.165, 1.54) is 18.7 Å². The molecule has 0 bridgehead atoms. The summed E-state index contributed by atoms with van der Waals surface area (Å²) in [4.78, 5) is 32.2. The maximum atomic E-state index is 12.7. The number of aromatic carboxylic acids is 1. The Bertz CT molecular complexity index is 773. The monoisotopic (exact) mass is 367 g/mol. The van der Waals surface area contributed by atoms with Crippen LogP contribution in [0, 0.1) is 0 Å². The summed E-state index contributed by atoms with van der Waals surface area (Å²) in [5.41, 5.74) is 1.97. The second-order valence-electron chi connectivity index (χ2n) is 6.91. The number of hydrogen-bond donors (Lipinski definition) is 1. The third-order valence-electron chi connectivity index (χ3n) is 4.77. The van der Waals surface area contributed by atoms with E-state index in [9.17, 15) is 14.7 Å². The molecule has 1 aliphatic rings. The van der Waals surface area contributed by atoms with Crippen molar-refractivity contribution in [1.29, 1.82) is 0 Å². The minimum Gasteiger partial charge on any atom is -0.478 e. The van der Waals surface area contributed by atoms with Crippen LogP contribution in [0.2, 0.25) is 0 Å². The molecule has 1 amide bonds. The molecule has 2 heterocycles. The predicted molar refractivity (Wildman–Crippen MR) is 102 cm³/mol. The average Bonchev–Trinajstić information content (AvgIpc) is 2.69. The summed E-state index contributed by atoms with van der Waals surface area (Å²) in [6.07, 6.45) is 4.81. The molecule has 142 valence electrons. The maximum Gasteiger partial charge on any atom is 0.335 e. The van der Waals surface area contributed by atoms with Crippen molar-refractivity contribution in [1.82, 2.24) is 14.8 Å².